The molecule has 3 atom stereocenters. The van der Waals surface area contributed by atoms with E-state index >= 15 is 0 Å². The minimum absolute atomic E-state index is 0.0539. The molecule has 0 aromatic heterocycles. The summed E-state index contributed by atoms with van der Waals surface area (Å²) >= 11 is 0. The summed E-state index contributed by atoms with van der Waals surface area (Å²) in [5.41, 5.74) is 7.39. The van der Waals surface area contributed by atoms with Crippen molar-refractivity contribution in [3.8, 4) is 0 Å². The van der Waals surface area contributed by atoms with E-state index in [-0.39, 0.29) is 17.9 Å². The Hall–Kier alpha value is -0.930. The van der Waals surface area contributed by atoms with Gasteiger partial charge in [0.05, 0.1) is 0 Å². The smallest absolute Gasteiger partial charge is 0.123 e. The van der Waals surface area contributed by atoms with Crippen molar-refractivity contribution in [1.82, 2.24) is 4.90 Å². The second-order valence-electron chi connectivity index (χ2n) is 6.48. The minimum Gasteiger partial charge on any atom is -0.326 e. The Morgan fingerprint density at radius 3 is 2.57 bits per heavy atom. The van der Waals surface area contributed by atoms with Crippen molar-refractivity contribution < 1.29 is 4.39 Å². The van der Waals surface area contributed by atoms with E-state index in [1.165, 1.54) is 32.1 Å². The van der Waals surface area contributed by atoms with E-state index in [1.807, 2.05) is 12.1 Å². The fourth-order valence-electron chi connectivity index (χ4n) is 3.67. The number of hydrogen-bond acceptors (Lipinski definition) is 2. The molecule has 0 spiro atoms. The Morgan fingerprint density at radius 2 is 1.95 bits per heavy atom. The Labute approximate surface area is 128 Å². The number of hydrogen-bond donors (Lipinski definition) is 1. The molecule has 1 aromatic rings. The van der Waals surface area contributed by atoms with Gasteiger partial charge >= 0.3 is 0 Å². The number of rotatable bonds is 5. The van der Waals surface area contributed by atoms with Crippen LogP contribution in [0.3, 0.4) is 0 Å². The highest BCUT2D eigenvalue weighted by Crippen LogP contribution is 2.29. The molecule has 1 heterocycles. The fraction of sp³-hybridized carbons (Fsp3) is 0.667. The van der Waals surface area contributed by atoms with Crippen LogP contribution in [0, 0.1) is 11.7 Å². The van der Waals surface area contributed by atoms with Crippen molar-refractivity contribution in [1.29, 1.82) is 0 Å². The number of halogens is 1. The zero-order valence-corrected chi connectivity index (χ0v) is 13.4. The van der Waals surface area contributed by atoms with Crippen molar-refractivity contribution in [2.24, 2.45) is 11.7 Å². The molecule has 0 aliphatic carbocycles. The summed E-state index contributed by atoms with van der Waals surface area (Å²) in [4.78, 5) is 2.51. The van der Waals surface area contributed by atoms with Gasteiger partial charge in [0.15, 0.2) is 0 Å². The van der Waals surface area contributed by atoms with E-state index in [0.29, 0.717) is 0 Å². The van der Waals surface area contributed by atoms with Gasteiger partial charge in [0.25, 0.3) is 0 Å². The van der Waals surface area contributed by atoms with Gasteiger partial charge in [0.2, 0.25) is 0 Å². The van der Waals surface area contributed by atoms with Crippen LogP contribution in [0.2, 0.25) is 0 Å². The van der Waals surface area contributed by atoms with Crippen LogP contribution in [0.25, 0.3) is 0 Å². The van der Waals surface area contributed by atoms with Crippen LogP contribution in [0.15, 0.2) is 24.3 Å². The maximum Gasteiger partial charge on any atom is 0.123 e. The maximum atomic E-state index is 13.1. The highest BCUT2D eigenvalue weighted by molar-refractivity contribution is 5.21. The summed E-state index contributed by atoms with van der Waals surface area (Å²) in [5, 5.41) is 0. The van der Waals surface area contributed by atoms with E-state index in [4.69, 9.17) is 5.73 Å². The Balaban J connectivity index is 2.09. The van der Waals surface area contributed by atoms with E-state index < -0.39 is 0 Å². The predicted octanol–water partition coefficient (Wildman–Crippen LogP) is 4.12. The Morgan fingerprint density at radius 1 is 1.24 bits per heavy atom. The second-order valence-corrected chi connectivity index (χ2v) is 6.48. The molecule has 1 aliphatic heterocycles. The van der Waals surface area contributed by atoms with E-state index in [1.54, 1.807) is 12.1 Å². The van der Waals surface area contributed by atoms with Crippen LogP contribution in [-0.2, 0) is 0 Å². The highest BCUT2D eigenvalue weighted by atomic mass is 19.1. The lowest BCUT2D eigenvalue weighted by Crippen LogP contribution is -2.40. The lowest BCUT2D eigenvalue weighted by atomic mass is 9.95. The predicted molar refractivity (Wildman–Crippen MR) is 86.6 cm³/mol. The molecule has 1 saturated heterocycles. The van der Waals surface area contributed by atoms with Crippen molar-refractivity contribution in [3.63, 3.8) is 0 Å². The monoisotopic (exact) mass is 292 g/mol. The molecule has 0 amide bonds. The van der Waals surface area contributed by atoms with Gasteiger partial charge in [-0.2, -0.15) is 0 Å². The first kappa shape index (κ1) is 16.4. The van der Waals surface area contributed by atoms with Crippen LogP contribution in [0.5, 0.6) is 0 Å². The van der Waals surface area contributed by atoms with Gasteiger partial charge in [0, 0.05) is 12.1 Å². The topological polar surface area (TPSA) is 29.3 Å². The zero-order chi connectivity index (χ0) is 15.2. The highest BCUT2D eigenvalue weighted by Gasteiger charge is 2.26. The van der Waals surface area contributed by atoms with Gasteiger partial charge in [0.1, 0.15) is 5.82 Å². The number of likely N-dealkylation sites (tertiary alicyclic amines) is 1. The molecule has 1 aromatic carbocycles. The molecule has 0 bridgehead atoms. The average molecular weight is 292 g/mol. The van der Waals surface area contributed by atoms with Crippen LogP contribution in [0.1, 0.15) is 57.6 Å². The molecule has 3 unspecified atom stereocenters. The van der Waals surface area contributed by atoms with E-state index in [2.05, 4.69) is 18.7 Å². The third-order valence-electron chi connectivity index (χ3n) is 4.68. The molecule has 1 fully saturated rings. The van der Waals surface area contributed by atoms with Gasteiger partial charge in [-0.25, -0.2) is 4.39 Å². The van der Waals surface area contributed by atoms with Crippen LogP contribution in [-0.4, -0.2) is 24.0 Å². The molecule has 1 aliphatic rings. The lowest BCUT2D eigenvalue weighted by molar-refractivity contribution is 0.180. The zero-order valence-electron chi connectivity index (χ0n) is 13.4. The Bertz CT molecular complexity index is 416. The Kier molecular flexibility index (Phi) is 6.19. The number of nitrogens with zero attached hydrogens (tertiary/aromatic N) is 1. The third kappa shape index (κ3) is 4.52. The second kappa shape index (κ2) is 7.90. The molecule has 21 heavy (non-hydrogen) atoms. The molecule has 2 nitrogen and oxygen atoms in total. The van der Waals surface area contributed by atoms with Crippen LogP contribution in [0.4, 0.5) is 4.39 Å². The molecule has 3 heteroatoms. The standard InChI is InChI=1S/C18H29FN2/c1-3-5-15-6-4-12-21(13-11-15)18(14(2)20)16-7-9-17(19)10-8-16/h7-10,14-15,18H,3-6,11-13,20H2,1-2H3. The van der Waals surface area contributed by atoms with E-state index in [0.717, 1.165) is 24.6 Å². The normalized spacial score (nSPS) is 23.5. The van der Waals surface area contributed by atoms with Crippen molar-refractivity contribution in [3.05, 3.63) is 35.6 Å². The number of benzene rings is 1. The first-order chi connectivity index (χ1) is 10.1. The third-order valence-corrected chi connectivity index (χ3v) is 4.68. The van der Waals surface area contributed by atoms with Crippen molar-refractivity contribution in [2.75, 3.05) is 13.1 Å². The quantitative estimate of drug-likeness (QED) is 0.884. The van der Waals surface area contributed by atoms with Crippen LogP contribution < -0.4 is 5.73 Å². The first-order valence-corrected chi connectivity index (χ1v) is 8.37. The summed E-state index contributed by atoms with van der Waals surface area (Å²) in [7, 11) is 0. The largest absolute Gasteiger partial charge is 0.326 e. The molecule has 0 radical (unpaired) electrons. The summed E-state index contributed by atoms with van der Waals surface area (Å²) in [6.07, 6.45) is 6.46. The summed E-state index contributed by atoms with van der Waals surface area (Å²) in [6, 6.07) is 7.12. The SMILES string of the molecule is CCCC1CCCN(C(c2ccc(F)cc2)C(C)N)CC1. The lowest BCUT2D eigenvalue weighted by Gasteiger charge is -2.34. The summed E-state index contributed by atoms with van der Waals surface area (Å²) in [6.45, 7) is 6.53. The van der Waals surface area contributed by atoms with Crippen molar-refractivity contribution >= 4 is 0 Å². The molecule has 118 valence electrons. The molecular formula is C18H29FN2. The van der Waals surface area contributed by atoms with Gasteiger partial charge in [-0.3, -0.25) is 4.90 Å². The fourth-order valence-corrected chi connectivity index (χ4v) is 3.67. The number of nitrogens with two attached hydrogens (primary N) is 1. The van der Waals surface area contributed by atoms with Crippen molar-refractivity contribution in [2.45, 2.75) is 58.0 Å². The van der Waals surface area contributed by atoms with E-state index in [9.17, 15) is 4.39 Å². The molecule has 2 N–H and O–H groups in total. The van der Waals surface area contributed by atoms with Gasteiger partial charge in [-0.1, -0.05) is 31.9 Å². The molecule has 2 rings (SSSR count). The van der Waals surface area contributed by atoms with Gasteiger partial charge in [-0.05, 0) is 62.9 Å². The average Bonchev–Trinajstić information content (AvgIpc) is 2.67. The first-order valence-electron chi connectivity index (χ1n) is 8.37. The summed E-state index contributed by atoms with van der Waals surface area (Å²) < 4.78 is 13.1. The minimum atomic E-state index is -0.180. The summed E-state index contributed by atoms with van der Waals surface area (Å²) in [5.74, 6) is 0.683. The molecule has 0 saturated carbocycles. The maximum absolute atomic E-state index is 13.1. The van der Waals surface area contributed by atoms with Gasteiger partial charge in [-0.15, -0.1) is 0 Å². The molecular weight excluding hydrogens is 263 g/mol. The van der Waals surface area contributed by atoms with Crippen LogP contribution >= 0.6 is 0 Å². The van der Waals surface area contributed by atoms with Gasteiger partial charge < -0.3 is 5.73 Å².